The summed E-state index contributed by atoms with van der Waals surface area (Å²) in [5.41, 5.74) is 0.962. The van der Waals surface area contributed by atoms with Crippen LogP contribution in [0.15, 0.2) is 24.3 Å². The monoisotopic (exact) mass is 298 g/mol. The van der Waals surface area contributed by atoms with Crippen molar-refractivity contribution in [3.8, 4) is 0 Å². The van der Waals surface area contributed by atoms with Gasteiger partial charge in [0.15, 0.2) is 0 Å². The maximum absolute atomic E-state index is 11.6. The summed E-state index contributed by atoms with van der Waals surface area (Å²) in [7, 11) is 0. The minimum atomic E-state index is -0.816. The lowest BCUT2D eigenvalue weighted by atomic mass is 10.1. The number of nitrogens with one attached hydrogen (secondary N) is 2. The fraction of sp³-hybridized carbons (Fsp3) is 0.429. The lowest BCUT2D eigenvalue weighted by molar-refractivity contribution is -0.137. The molecule has 0 aromatic heterocycles. The Morgan fingerprint density at radius 3 is 2.50 bits per heavy atom. The first-order valence-electron chi connectivity index (χ1n) is 6.45. The SMILES string of the molecule is CC(CCC(=O)O)CNC(=O)NCc1ccc(Cl)cc1. The van der Waals surface area contributed by atoms with Crippen LogP contribution in [0.5, 0.6) is 0 Å². The van der Waals surface area contributed by atoms with Crippen molar-refractivity contribution in [3.63, 3.8) is 0 Å². The van der Waals surface area contributed by atoms with Crippen LogP contribution in [0, 0.1) is 5.92 Å². The van der Waals surface area contributed by atoms with Crippen molar-refractivity contribution in [1.29, 1.82) is 0 Å². The third kappa shape index (κ3) is 6.99. The number of aliphatic carboxylic acids is 1. The van der Waals surface area contributed by atoms with Crippen molar-refractivity contribution >= 4 is 23.6 Å². The van der Waals surface area contributed by atoms with E-state index in [-0.39, 0.29) is 18.4 Å². The molecule has 1 unspecified atom stereocenters. The highest BCUT2D eigenvalue weighted by atomic mass is 35.5. The van der Waals surface area contributed by atoms with Gasteiger partial charge in [0.2, 0.25) is 0 Å². The quantitative estimate of drug-likeness (QED) is 0.724. The van der Waals surface area contributed by atoms with Crippen LogP contribution in [0.25, 0.3) is 0 Å². The van der Waals surface area contributed by atoms with E-state index in [1.807, 2.05) is 19.1 Å². The van der Waals surface area contributed by atoms with Crippen molar-refractivity contribution in [2.24, 2.45) is 5.92 Å². The average Bonchev–Trinajstić information content (AvgIpc) is 2.42. The molecule has 0 aliphatic carbocycles. The summed E-state index contributed by atoms with van der Waals surface area (Å²) in [4.78, 5) is 22.0. The number of carboxylic acids is 1. The molecule has 110 valence electrons. The van der Waals surface area contributed by atoms with E-state index in [1.165, 1.54) is 0 Å². The molecule has 2 amide bonds. The Morgan fingerprint density at radius 1 is 1.25 bits per heavy atom. The summed E-state index contributed by atoms with van der Waals surface area (Å²) < 4.78 is 0. The maximum Gasteiger partial charge on any atom is 0.315 e. The second kappa shape index (κ2) is 8.43. The summed E-state index contributed by atoms with van der Waals surface area (Å²) >= 11 is 5.77. The molecule has 1 aromatic rings. The highest BCUT2D eigenvalue weighted by Gasteiger charge is 2.07. The van der Waals surface area contributed by atoms with Gasteiger partial charge in [0.05, 0.1) is 0 Å². The molecule has 0 aliphatic heterocycles. The van der Waals surface area contributed by atoms with Gasteiger partial charge in [-0.1, -0.05) is 30.7 Å². The van der Waals surface area contributed by atoms with Crippen LogP contribution < -0.4 is 10.6 Å². The summed E-state index contributed by atoms with van der Waals surface area (Å²) in [6, 6.07) is 6.97. The summed E-state index contributed by atoms with van der Waals surface area (Å²) in [6.45, 7) is 2.79. The van der Waals surface area contributed by atoms with Gasteiger partial charge in [0.1, 0.15) is 0 Å². The second-order valence-electron chi connectivity index (χ2n) is 4.73. The van der Waals surface area contributed by atoms with E-state index in [1.54, 1.807) is 12.1 Å². The number of benzene rings is 1. The lowest BCUT2D eigenvalue weighted by Gasteiger charge is -2.12. The first-order valence-corrected chi connectivity index (χ1v) is 6.83. The number of hydrogen-bond acceptors (Lipinski definition) is 2. The van der Waals surface area contributed by atoms with E-state index in [2.05, 4.69) is 10.6 Å². The number of urea groups is 1. The third-order valence-electron chi connectivity index (χ3n) is 2.83. The van der Waals surface area contributed by atoms with Gasteiger partial charge in [-0.25, -0.2) is 4.79 Å². The molecular weight excluding hydrogens is 280 g/mol. The zero-order valence-corrected chi connectivity index (χ0v) is 12.1. The van der Waals surface area contributed by atoms with Gasteiger partial charge < -0.3 is 15.7 Å². The van der Waals surface area contributed by atoms with Gasteiger partial charge in [-0.05, 0) is 30.0 Å². The number of rotatable bonds is 7. The highest BCUT2D eigenvalue weighted by molar-refractivity contribution is 6.30. The molecular formula is C14H19ClN2O3. The smallest absolute Gasteiger partial charge is 0.315 e. The summed E-state index contributed by atoms with van der Waals surface area (Å²) in [6.07, 6.45) is 0.669. The van der Waals surface area contributed by atoms with E-state index in [4.69, 9.17) is 16.7 Å². The molecule has 0 aliphatic rings. The van der Waals surface area contributed by atoms with Gasteiger partial charge in [0.25, 0.3) is 0 Å². The highest BCUT2D eigenvalue weighted by Crippen LogP contribution is 2.09. The number of hydrogen-bond donors (Lipinski definition) is 3. The Balaban J connectivity index is 2.20. The molecule has 1 atom stereocenters. The number of carbonyl (C=O) groups is 2. The molecule has 0 saturated carbocycles. The first-order chi connectivity index (χ1) is 9.47. The number of carboxylic acid groups (broad SMARTS) is 1. The molecule has 0 radical (unpaired) electrons. The number of carbonyl (C=O) groups excluding carboxylic acids is 1. The largest absolute Gasteiger partial charge is 0.481 e. The topological polar surface area (TPSA) is 78.4 Å². The Labute approximate surface area is 123 Å². The minimum Gasteiger partial charge on any atom is -0.481 e. The van der Waals surface area contributed by atoms with Gasteiger partial charge in [-0.2, -0.15) is 0 Å². The molecule has 0 fully saturated rings. The van der Waals surface area contributed by atoms with Crippen LogP contribution in [-0.4, -0.2) is 23.7 Å². The summed E-state index contributed by atoms with van der Waals surface area (Å²) in [5.74, 6) is -0.684. The van der Waals surface area contributed by atoms with Crippen LogP contribution in [0.2, 0.25) is 5.02 Å². The standard InChI is InChI=1S/C14H19ClN2O3/c1-10(2-7-13(18)19)8-16-14(20)17-9-11-3-5-12(15)6-4-11/h3-6,10H,2,7-9H2,1H3,(H,18,19)(H2,16,17,20). The zero-order chi connectivity index (χ0) is 15.0. The lowest BCUT2D eigenvalue weighted by Crippen LogP contribution is -2.37. The summed E-state index contributed by atoms with van der Waals surface area (Å²) in [5, 5.41) is 14.7. The Morgan fingerprint density at radius 2 is 1.90 bits per heavy atom. The molecule has 0 bridgehead atoms. The molecule has 20 heavy (non-hydrogen) atoms. The Hall–Kier alpha value is -1.75. The fourth-order valence-corrected chi connectivity index (χ4v) is 1.71. The first kappa shape index (κ1) is 16.3. The zero-order valence-electron chi connectivity index (χ0n) is 11.4. The normalized spacial score (nSPS) is 11.7. The van der Waals surface area contributed by atoms with Crippen LogP contribution in [0.4, 0.5) is 4.79 Å². The van der Waals surface area contributed by atoms with Crippen molar-refractivity contribution < 1.29 is 14.7 Å². The molecule has 0 spiro atoms. The van der Waals surface area contributed by atoms with E-state index >= 15 is 0 Å². The maximum atomic E-state index is 11.6. The third-order valence-corrected chi connectivity index (χ3v) is 3.08. The number of halogens is 1. The fourth-order valence-electron chi connectivity index (χ4n) is 1.59. The molecule has 1 rings (SSSR count). The molecule has 5 nitrogen and oxygen atoms in total. The van der Waals surface area contributed by atoms with Crippen LogP contribution in [0.1, 0.15) is 25.3 Å². The van der Waals surface area contributed by atoms with Crippen molar-refractivity contribution in [1.82, 2.24) is 10.6 Å². The van der Waals surface area contributed by atoms with Gasteiger partial charge in [-0.15, -0.1) is 0 Å². The molecule has 0 heterocycles. The molecule has 6 heteroatoms. The van der Waals surface area contributed by atoms with E-state index < -0.39 is 5.97 Å². The number of amides is 2. The van der Waals surface area contributed by atoms with Crippen LogP contribution in [0.3, 0.4) is 0 Å². The van der Waals surface area contributed by atoms with E-state index in [0.29, 0.717) is 24.5 Å². The predicted octanol–water partition coefficient (Wildman–Crippen LogP) is 2.64. The van der Waals surface area contributed by atoms with Gasteiger partial charge >= 0.3 is 12.0 Å². The second-order valence-corrected chi connectivity index (χ2v) is 5.16. The molecule has 0 saturated heterocycles. The minimum absolute atomic E-state index is 0.120. The van der Waals surface area contributed by atoms with Crippen molar-refractivity contribution in [2.75, 3.05) is 6.54 Å². The Kier molecular flexibility index (Phi) is 6.87. The van der Waals surface area contributed by atoms with Crippen molar-refractivity contribution in [2.45, 2.75) is 26.3 Å². The van der Waals surface area contributed by atoms with Gasteiger partial charge in [0, 0.05) is 24.5 Å². The van der Waals surface area contributed by atoms with E-state index in [9.17, 15) is 9.59 Å². The van der Waals surface area contributed by atoms with Crippen LogP contribution >= 0.6 is 11.6 Å². The van der Waals surface area contributed by atoms with Crippen molar-refractivity contribution in [3.05, 3.63) is 34.9 Å². The predicted molar refractivity (Wildman–Crippen MR) is 77.7 cm³/mol. The molecule has 3 N–H and O–H groups in total. The molecule has 1 aromatic carbocycles. The van der Waals surface area contributed by atoms with E-state index in [0.717, 1.165) is 5.56 Å². The van der Waals surface area contributed by atoms with Crippen LogP contribution in [-0.2, 0) is 11.3 Å². The Bertz CT molecular complexity index is 448. The average molecular weight is 299 g/mol. The van der Waals surface area contributed by atoms with Gasteiger partial charge in [-0.3, -0.25) is 4.79 Å².